The predicted octanol–water partition coefficient (Wildman–Crippen LogP) is 5.79. The molecular weight excluding hydrogens is 344 g/mol. The predicted molar refractivity (Wildman–Crippen MR) is 104 cm³/mol. The number of hydrogen-bond donors (Lipinski definition) is 0. The molecule has 0 fully saturated rings. The minimum absolute atomic E-state index is 0.954. The number of benzene rings is 2. The average Bonchev–Trinajstić information content (AvgIpc) is 3.06. The van der Waals surface area contributed by atoms with Gasteiger partial charge in [0.1, 0.15) is 0 Å². The zero-order chi connectivity index (χ0) is 17.2. The van der Waals surface area contributed by atoms with Gasteiger partial charge in [-0.1, -0.05) is 0 Å². The van der Waals surface area contributed by atoms with Gasteiger partial charge in [0.05, 0.1) is 0 Å². The van der Waals surface area contributed by atoms with Crippen LogP contribution in [0.4, 0.5) is 0 Å². The van der Waals surface area contributed by atoms with Crippen LogP contribution in [-0.2, 0) is 17.8 Å². The van der Waals surface area contributed by atoms with Gasteiger partial charge < -0.3 is 0 Å². The molecule has 2 aromatic carbocycles. The van der Waals surface area contributed by atoms with Crippen LogP contribution in [0.15, 0.2) is 75.8 Å². The van der Waals surface area contributed by atoms with Crippen LogP contribution in [0, 0.1) is 0 Å². The Kier molecular flexibility index (Phi) is 5.19. The maximum absolute atomic E-state index is 6.37. The second kappa shape index (κ2) is 7.18. The van der Waals surface area contributed by atoms with E-state index in [1.165, 1.54) is 15.0 Å². The van der Waals surface area contributed by atoms with Crippen LogP contribution >= 0.6 is 0 Å². The van der Waals surface area contributed by atoms with E-state index >= 15 is 0 Å². The molecule has 0 aromatic heterocycles. The summed E-state index contributed by atoms with van der Waals surface area (Å²) in [5.74, 6) is 0.954. The normalized spacial score (nSPS) is 14.1. The first-order valence-corrected chi connectivity index (χ1v) is 14.4. The van der Waals surface area contributed by atoms with Crippen molar-refractivity contribution in [3.8, 4) is 16.9 Å². The zero-order valence-electron chi connectivity index (χ0n) is 14.7. The summed E-state index contributed by atoms with van der Waals surface area (Å²) in [7, 11) is -1.32. The van der Waals surface area contributed by atoms with Crippen LogP contribution in [0.3, 0.4) is 0 Å². The van der Waals surface area contributed by atoms with E-state index in [1.807, 2.05) is 6.07 Å². The minimum atomic E-state index is -1.96. The van der Waals surface area contributed by atoms with E-state index in [0.717, 1.165) is 12.2 Å². The van der Waals surface area contributed by atoms with Gasteiger partial charge >= 0.3 is 153 Å². The van der Waals surface area contributed by atoms with E-state index < -0.39 is 25.9 Å². The first-order valence-electron chi connectivity index (χ1n) is 8.38. The molecule has 0 spiro atoms. The summed E-state index contributed by atoms with van der Waals surface area (Å²) in [5.41, 5.74) is 2.42. The van der Waals surface area contributed by atoms with Crippen molar-refractivity contribution < 1.29 is 21.1 Å². The van der Waals surface area contributed by atoms with Crippen LogP contribution in [0.1, 0.15) is 6.42 Å². The summed E-state index contributed by atoms with van der Waals surface area (Å²) in [6.45, 7) is 7.21. The Labute approximate surface area is 152 Å². The molecule has 0 N–H and O–H groups in total. The Bertz CT molecular complexity index is 813. The van der Waals surface area contributed by atoms with Crippen molar-refractivity contribution in [2.45, 2.75) is 26.1 Å². The van der Waals surface area contributed by atoms with E-state index in [2.05, 4.69) is 85.1 Å². The van der Waals surface area contributed by atoms with E-state index in [0.29, 0.717) is 0 Å². The van der Waals surface area contributed by atoms with Crippen LogP contribution in [-0.4, -0.2) is 12.9 Å². The molecule has 0 bridgehead atoms. The molecule has 3 heteroatoms. The number of hydrogen-bond acceptors (Lipinski definition) is 1. The molecule has 0 unspecified atom stereocenters. The Hall–Kier alpha value is -1.48. The zero-order valence-corrected chi connectivity index (χ0v) is 17.2. The van der Waals surface area contributed by atoms with Crippen molar-refractivity contribution in [1.82, 2.24) is 0 Å². The summed E-state index contributed by atoms with van der Waals surface area (Å²) in [6.07, 6.45) is 5.64. The maximum atomic E-state index is 6.37. The van der Waals surface area contributed by atoms with E-state index in [1.54, 1.807) is 5.20 Å². The van der Waals surface area contributed by atoms with Crippen molar-refractivity contribution >= 4 is 12.9 Å². The number of rotatable bonds is 5. The van der Waals surface area contributed by atoms with Crippen LogP contribution in [0.2, 0.25) is 19.6 Å². The van der Waals surface area contributed by atoms with Crippen molar-refractivity contribution in [3.63, 3.8) is 0 Å². The quantitative estimate of drug-likeness (QED) is 0.607. The van der Waals surface area contributed by atoms with Crippen molar-refractivity contribution in [2.24, 2.45) is 0 Å². The topological polar surface area (TPSA) is 9.23 Å². The van der Waals surface area contributed by atoms with Crippen LogP contribution in [0.5, 0.6) is 5.75 Å². The molecular formula is C21H24OSiTi. The molecule has 0 radical (unpaired) electrons. The molecule has 0 saturated carbocycles. The molecule has 0 atom stereocenters. The summed E-state index contributed by atoms with van der Waals surface area (Å²) >= 11 is -1.96. The molecule has 3 rings (SSSR count). The fourth-order valence-electron chi connectivity index (χ4n) is 3.05. The molecule has 0 aliphatic heterocycles. The molecule has 122 valence electrons. The monoisotopic (exact) mass is 368 g/mol. The van der Waals surface area contributed by atoms with Crippen molar-refractivity contribution in [2.75, 3.05) is 0 Å². The third kappa shape index (κ3) is 3.95. The van der Waals surface area contributed by atoms with Gasteiger partial charge in [-0.05, 0) is 0 Å². The van der Waals surface area contributed by atoms with Gasteiger partial charge in [0, 0.05) is 0 Å². The molecule has 1 aliphatic rings. The van der Waals surface area contributed by atoms with E-state index in [9.17, 15) is 0 Å². The fourth-order valence-corrected chi connectivity index (χ4v) is 8.98. The van der Waals surface area contributed by atoms with E-state index in [4.69, 9.17) is 3.32 Å². The van der Waals surface area contributed by atoms with Crippen molar-refractivity contribution in [3.05, 3.63) is 75.8 Å². The standard InChI is InChI=1S/C12H10O.C8H13Si.CH2.Ti/c13-12-8-4-7-11(9-12)10-5-2-1-3-6-10;1-9(2,3)8-6-4-5-7-8;;/h1-9,13H;4,6H,5H2,1-3H3;1H2;/q;;;+1/p-1. The van der Waals surface area contributed by atoms with Gasteiger partial charge in [-0.2, -0.15) is 0 Å². The van der Waals surface area contributed by atoms with E-state index in [-0.39, 0.29) is 0 Å². The van der Waals surface area contributed by atoms with Gasteiger partial charge in [0.2, 0.25) is 0 Å². The van der Waals surface area contributed by atoms with Gasteiger partial charge in [-0.3, -0.25) is 0 Å². The molecule has 0 saturated heterocycles. The summed E-state index contributed by atoms with van der Waals surface area (Å²) in [6, 6.07) is 18.9. The summed E-state index contributed by atoms with van der Waals surface area (Å²) in [5, 5.41) is 1.56. The molecule has 0 heterocycles. The Morgan fingerprint density at radius 1 is 0.958 bits per heavy atom. The second-order valence-corrected chi connectivity index (χ2v) is 14.8. The van der Waals surface area contributed by atoms with Gasteiger partial charge in [0.15, 0.2) is 0 Å². The number of allylic oxidation sites excluding steroid dienone is 4. The first-order chi connectivity index (χ1) is 11.4. The molecule has 0 amide bonds. The second-order valence-electron chi connectivity index (χ2n) is 7.17. The van der Waals surface area contributed by atoms with Crippen LogP contribution in [0.25, 0.3) is 11.1 Å². The SMILES string of the molecule is [CH2]=[Ti]([O]c1cccc(-c2ccccc2)c1)[C]1=C([Si](C)(C)C)C=CC1. The van der Waals surface area contributed by atoms with Crippen LogP contribution < -0.4 is 3.32 Å². The molecule has 24 heavy (non-hydrogen) atoms. The fraction of sp³-hybridized carbons (Fsp3) is 0.190. The van der Waals surface area contributed by atoms with Gasteiger partial charge in [0.25, 0.3) is 0 Å². The summed E-state index contributed by atoms with van der Waals surface area (Å²) < 4.78 is 7.88. The summed E-state index contributed by atoms with van der Waals surface area (Å²) in [4.78, 5) is 4.45. The first kappa shape index (κ1) is 17.3. The van der Waals surface area contributed by atoms with Gasteiger partial charge in [-0.15, -0.1) is 0 Å². The van der Waals surface area contributed by atoms with Crippen molar-refractivity contribution in [1.29, 1.82) is 0 Å². The molecule has 1 aliphatic carbocycles. The third-order valence-corrected chi connectivity index (χ3v) is 9.28. The Morgan fingerprint density at radius 2 is 1.67 bits per heavy atom. The van der Waals surface area contributed by atoms with Gasteiger partial charge in [-0.25, -0.2) is 0 Å². The Balaban J connectivity index is 1.83. The third-order valence-electron chi connectivity index (χ3n) is 4.26. The Morgan fingerprint density at radius 3 is 2.38 bits per heavy atom. The molecule has 1 nitrogen and oxygen atoms in total. The molecule has 2 aromatic rings. The average molecular weight is 368 g/mol.